The summed E-state index contributed by atoms with van der Waals surface area (Å²) >= 11 is 0. The minimum atomic E-state index is -0.0436. The third kappa shape index (κ3) is 2.69. The van der Waals surface area contributed by atoms with E-state index in [9.17, 15) is 9.59 Å². The molecule has 1 aromatic carbocycles. The van der Waals surface area contributed by atoms with Gasteiger partial charge < -0.3 is 10.2 Å². The molecule has 2 heterocycles. The minimum Gasteiger partial charge on any atom is -0.355 e. The predicted molar refractivity (Wildman–Crippen MR) is 75.9 cm³/mol. The lowest BCUT2D eigenvalue weighted by Crippen LogP contribution is -2.44. The van der Waals surface area contributed by atoms with Gasteiger partial charge in [0.1, 0.15) is 0 Å². The molecule has 2 amide bonds. The van der Waals surface area contributed by atoms with Crippen molar-refractivity contribution in [2.45, 2.75) is 32.2 Å². The molecule has 1 fully saturated rings. The van der Waals surface area contributed by atoms with E-state index in [4.69, 9.17) is 0 Å². The Kier molecular flexibility index (Phi) is 3.72. The molecule has 4 nitrogen and oxygen atoms in total. The van der Waals surface area contributed by atoms with Gasteiger partial charge in [0.2, 0.25) is 11.8 Å². The molecule has 106 valence electrons. The molecular formula is C16H20N2O2. The van der Waals surface area contributed by atoms with Crippen molar-refractivity contribution in [2.24, 2.45) is 5.92 Å². The molecule has 0 aromatic heterocycles. The zero-order valence-corrected chi connectivity index (χ0v) is 11.6. The maximum Gasteiger partial charge on any atom is 0.227 e. The van der Waals surface area contributed by atoms with Gasteiger partial charge in [0.05, 0.1) is 5.92 Å². The van der Waals surface area contributed by atoms with Crippen LogP contribution in [-0.2, 0) is 22.6 Å². The van der Waals surface area contributed by atoms with E-state index in [1.807, 2.05) is 11.0 Å². The largest absolute Gasteiger partial charge is 0.355 e. The van der Waals surface area contributed by atoms with Gasteiger partial charge in [0.25, 0.3) is 0 Å². The molecule has 0 bridgehead atoms. The molecule has 0 radical (unpaired) electrons. The number of carbonyl (C=O) groups excluding carboxylic acids is 2. The minimum absolute atomic E-state index is 0.0436. The Morgan fingerprint density at radius 1 is 1.20 bits per heavy atom. The van der Waals surface area contributed by atoms with Crippen molar-refractivity contribution in [3.8, 4) is 0 Å². The molecule has 0 aliphatic carbocycles. The van der Waals surface area contributed by atoms with Crippen LogP contribution in [0, 0.1) is 5.92 Å². The number of amides is 2. The van der Waals surface area contributed by atoms with Crippen LogP contribution < -0.4 is 5.32 Å². The first kappa shape index (κ1) is 13.2. The molecular weight excluding hydrogens is 252 g/mol. The molecule has 4 heteroatoms. The van der Waals surface area contributed by atoms with Crippen molar-refractivity contribution in [2.75, 3.05) is 13.1 Å². The van der Waals surface area contributed by atoms with Crippen molar-refractivity contribution in [3.05, 3.63) is 35.4 Å². The molecule has 1 N–H and O–H groups in total. The second kappa shape index (κ2) is 5.65. The summed E-state index contributed by atoms with van der Waals surface area (Å²) in [5, 5.41) is 2.80. The number of rotatable bonds is 1. The van der Waals surface area contributed by atoms with Crippen molar-refractivity contribution in [1.82, 2.24) is 10.2 Å². The van der Waals surface area contributed by atoms with Crippen molar-refractivity contribution >= 4 is 11.8 Å². The van der Waals surface area contributed by atoms with Gasteiger partial charge in [-0.2, -0.15) is 0 Å². The van der Waals surface area contributed by atoms with E-state index in [0.717, 1.165) is 19.4 Å². The average Bonchev–Trinajstić information content (AvgIpc) is 2.69. The highest BCUT2D eigenvalue weighted by Gasteiger charge is 2.29. The van der Waals surface area contributed by atoms with E-state index < -0.39 is 0 Å². The van der Waals surface area contributed by atoms with Crippen LogP contribution in [0.5, 0.6) is 0 Å². The third-order valence-electron chi connectivity index (χ3n) is 4.28. The van der Waals surface area contributed by atoms with Gasteiger partial charge in [-0.05, 0) is 30.4 Å². The summed E-state index contributed by atoms with van der Waals surface area (Å²) < 4.78 is 0. The lowest BCUT2D eigenvalue weighted by atomic mass is 9.97. The molecule has 1 unspecified atom stereocenters. The fourth-order valence-electron chi connectivity index (χ4n) is 3.09. The van der Waals surface area contributed by atoms with E-state index in [0.29, 0.717) is 25.9 Å². The van der Waals surface area contributed by atoms with Crippen molar-refractivity contribution < 1.29 is 9.59 Å². The van der Waals surface area contributed by atoms with E-state index in [-0.39, 0.29) is 17.7 Å². The quantitative estimate of drug-likeness (QED) is 0.842. The zero-order chi connectivity index (χ0) is 13.9. The Morgan fingerprint density at radius 3 is 2.75 bits per heavy atom. The topological polar surface area (TPSA) is 49.4 Å². The van der Waals surface area contributed by atoms with Crippen molar-refractivity contribution in [1.29, 1.82) is 0 Å². The highest BCUT2D eigenvalue weighted by molar-refractivity contribution is 5.83. The maximum absolute atomic E-state index is 12.6. The highest BCUT2D eigenvalue weighted by atomic mass is 16.2. The van der Waals surface area contributed by atoms with Gasteiger partial charge in [0, 0.05) is 26.1 Å². The molecule has 1 atom stereocenters. The lowest BCUT2D eigenvalue weighted by Gasteiger charge is -2.28. The van der Waals surface area contributed by atoms with Gasteiger partial charge in [0.15, 0.2) is 0 Å². The number of carbonyl (C=O) groups is 2. The van der Waals surface area contributed by atoms with Gasteiger partial charge in [-0.25, -0.2) is 0 Å². The van der Waals surface area contributed by atoms with Crippen LogP contribution in [0.2, 0.25) is 0 Å². The van der Waals surface area contributed by atoms with Crippen LogP contribution in [0.3, 0.4) is 0 Å². The maximum atomic E-state index is 12.6. The molecule has 0 spiro atoms. The summed E-state index contributed by atoms with van der Waals surface area (Å²) in [6, 6.07) is 8.37. The number of hydrogen-bond acceptors (Lipinski definition) is 2. The van der Waals surface area contributed by atoms with Crippen molar-refractivity contribution in [3.63, 3.8) is 0 Å². The Morgan fingerprint density at radius 2 is 2.00 bits per heavy atom. The number of hydrogen-bond donors (Lipinski definition) is 1. The zero-order valence-electron chi connectivity index (χ0n) is 11.6. The Hall–Kier alpha value is -1.84. The molecule has 3 rings (SSSR count). The van der Waals surface area contributed by atoms with E-state index >= 15 is 0 Å². The Bertz CT molecular complexity index is 517. The van der Waals surface area contributed by atoms with Crippen LogP contribution >= 0.6 is 0 Å². The summed E-state index contributed by atoms with van der Waals surface area (Å²) in [7, 11) is 0. The molecule has 2 aliphatic rings. The Balaban J connectivity index is 1.71. The first-order valence-corrected chi connectivity index (χ1v) is 7.36. The molecule has 1 aromatic rings. The van der Waals surface area contributed by atoms with Crippen LogP contribution in [0.4, 0.5) is 0 Å². The fourth-order valence-corrected chi connectivity index (χ4v) is 3.09. The van der Waals surface area contributed by atoms with E-state index in [1.54, 1.807) is 0 Å². The summed E-state index contributed by atoms with van der Waals surface area (Å²) in [6.07, 6.45) is 3.22. The molecule has 20 heavy (non-hydrogen) atoms. The van der Waals surface area contributed by atoms with E-state index in [2.05, 4.69) is 23.5 Å². The molecule has 1 saturated heterocycles. The monoisotopic (exact) mass is 272 g/mol. The number of nitrogens with zero attached hydrogens (tertiary/aromatic N) is 1. The number of piperidine rings is 1. The van der Waals surface area contributed by atoms with Crippen LogP contribution in [0.25, 0.3) is 0 Å². The molecule has 2 aliphatic heterocycles. The highest BCUT2D eigenvalue weighted by Crippen LogP contribution is 2.21. The first-order valence-electron chi connectivity index (χ1n) is 7.36. The van der Waals surface area contributed by atoms with Gasteiger partial charge >= 0.3 is 0 Å². The second-order valence-electron chi connectivity index (χ2n) is 5.67. The normalized spacial score (nSPS) is 22.7. The first-order chi connectivity index (χ1) is 9.74. The summed E-state index contributed by atoms with van der Waals surface area (Å²) in [5.74, 6) is 0.218. The number of aryl methyl sites for hydroxylation is 1. The summed E-state index contributed by atoms with van der Waals surface area (Å²) in [4.78, 5) is 25.8. The number of benzene rings is 1. The second-order valence-corrected chi connectivity index (χ2v) is 5.67. The average molecular weight is 272 g/mol. The Labute approximate surface area is 119 Å². The third-order valence-corrected chi connectivity index (χ3v) is 4.28. The summed E-state index contributed by atoms with van der Waals surface area (Å²) in [5.41, 5.74) is 2.62. The predicted octanol–water partition coefficient (Wildman–Crippen LogP) is 1.49. The lowest BCUT2D eigenvalue weighted by molar-refractivity contribution is -0.138. The summed E-state index contributed by atoms with van der Waals surface area (Å²) in [6.45, 7) is 2.02. The van der Waals surface area contributed by atoms with Crippen LogP contribution in [0.15, 0.2) is 24.3 Å². The van der Waals surface area contributed by atoms with Gasteiger partial charge in [-0.1, -0.05) is 24.3 Å². The van der Waals surface area contributed by atoms with Gasteiger partial charge in [-0.3, -0.25) is 9.59 Å². The number of fused-ring (bicyclic) bond motifs is 1. The smallest absolute Gasteiger partial charge is 0.227 e. The van der Waals surface area contributed by atoms with Crippen LogP contribution in [-0.4, -0.2) is 29.8 Å². The van der Waals surface area contributed by atoms with Gasteiger partial charge in [-0.15, -0.1) is 0 Å². The standard InChI is InChI=1S/C16H20N2O2/c19-15-8-7-13(10-17-15)16(20)18-9-3-6-12-4-1-2-5-14(12)11-18/h1-2,4-5,13H,3,6-11H2,(H,17,19). The molecule has 0 saturated carbocycles. The fraction of sp³-hybridized carbons (Fsp3) is 0.500. The number of nitrogens with one attached hydrogen (secondary N) is 1. The SMILES string of the molecule is O=C1CCC(C(=O)N2CCCc3ccccc3C2)CN1. The van der Waals surface area contributed by atoms with E-state index in [1.165, 1.54) is 11.1 Å². The van der Waals surface area contributed by atoms with Crippen LogP contribution in [0.1, 0.15) is 30.4 Å².